The minimum Gasteiger partial charge on any atom is -0.497 e. The minimum absolute atomic E-state index is 0.151. The molecule has 1 N–H and O–H groups in total. The van der Waals surface area contributed by atoms with Crippen LogP contribution in [0.5, 0.6) is 11.5 Å². The van der Waals surface area contributed by atoms with E-state index in [2.05, 4.69) is 48.4 Å². The number of nitrogens with one attached hydrogen (secondary N) is 1. The highest BCUT2D eigenvalue weighted by Crippen LogP contribution is 2.36. The molecule has 1 amide bonds. The van der Waals surface area contributed by atoms with Crippen molar-refractivity contribution in [2.75, 3.05) is 25.8 Å². The van der Waals surface area contributed by atoms with Gasteiger partial charge in [0.05, 0.1) is 17.3 Å². The van der Waals surface area contributed by atoms with E-state index in [4.69, 9.17) is 14.2 Å². The predicted molar refractivity (Wildman–Crippen MR) is 137 cm³/mol. The number of allylic oxidation sites excluding steroid dienone is 2. The van der Waals surface area contributed by atoms with E-state index in [1.54, 1.807) is 7.11 Å². The molecular formula is C27H30N2O4S. The second-order valence-corrected chi connectivity index (χ2v) is 9.37. The van der Waals surface area contributed by atoms with Gasteiger partial charge in [-0.2, -0.15) is 0 Å². The Labute approximate surface area is 204 Å². The third kappa shape index (κ3) is 5.48. The van der Waals surface area contributed by atoms with Crippen LogP contribution < -0.4 is 14.8 Å². The van der Waals surface area contributed by atoms with E-state index in [9.17, 15) is 4.79 Å². The lowest BCUT2D eigenvalue weighted by Crippen LogP contribution is -2.22. The van der Waals surface area contributed by atoms with Gasteiger partial charge in [-0.1, -0.05) is 55.5 Å². The molecule has 1 aromatic heterocycles. The first kappa shape index (κ1) is 24.0. The Balaban J connectivity index is 1.47. The molecule has 6 nitrogen and oxygen atoms in total. The Morgan fingerprint density at radius 1 is 1.18 bits per heavy atom. The first-order valence-corrected chi connectivity index (χ1v) is 12.3. The Kier molecular flexibility index (Phi) is 7.65. The predicted octanol–water partition coefficient (Wildman–Crippen LogP) is 6.17. The number of carbonyl (C=O) groups is 1. The summed E-state index contributed by atoms with van der Waals surface area (Å²) in [6.45, 7) is 7.11. The monoisotopic (exact) mass is 478 g/mol. The van der Waals surface area contributed by atoms with Gasteiger partial charge in [0, 0.05) is 12.2 Å². The van der Waals surface area contributed by atoms with Crippen molar-refractivity contribution in [3.63, 3.8) is 0 Å². The number of hydrogen-bond acceptors (Lipinski definition) is 6. The van der Waals surface area contributed by atoms with Crippen LogP contribution >= 0.6 is 11.3 Å². The summed E-state index contributed by atoms with van der Waals surface area (Å²) in [6.07, 6.45) is 6.10. The third-order valence-electron chi connectivity index (χ3n) is 6.13. The van der Waals surface area contributed by atoms with Crippen molar-refractivity contribution in [1.29, 1.82) is 0 Å². The van der Waals surface area contributed by atoms with Gasteiger partial charge in [0.1, 0.15) is 11.5 Å². The SMILES string of the molecule is CCOCOc1ccc2nc(NC(=O)C3=CC(C(C)c4ccc(OC)cc4)C(C)C=C3)sc2c1. The van der Waals surface area contributed by atoms with Gasteiger partial charge in [0.15, 0.2) is 11.9 Å². The molecule has 0 radical (unpaired) electrons. The molecule has 3 aromatic rings. The maximum absolute atomic E-state index is 13.1. The topological polar surface area (TPSA) is 69.7 Å². The van der Waals surface area contributed by atoms with Gasteiger partial charge in [0.25, 0.3) is 5.91 Å². The summed E-state index contributed by atoms with van der Waals surface area (Å²) >= 11 is 1.42. The van der Waals surface area contributed by atoms with Crippen molar-refractivity contribution in [1.82, 2.24) is 4.98 Å². The molecule has 4 rings (SSSR count). The number of nitrogens with zero attached hydrogens (tertiary/aromatic N) is 1. The number of methoxy groups -OCH3 is 1. The molecule has 0 fully saturated rings. The molecule has 3 unspecified atom stereocenters. The summed E-state index contributed by atoms with van der Waals surface area (Å²) in [7, 11) is 1.67. The first-order chi connectivity index (χ1) is 16.5. The Morgan fingerprint density at radius 3 is 2.68 bits per heavy atom. The number of ether oxygens (including phenoxy) is 3. The molecule has 2 aromatic carbocycles. The molecule has 1 heterocycles. The van der Waals surface area contributed by atoms with Gasteiger partial charge in [-0.25, -0.2) is 4.98 Å². The molecule has 1 aliphatic carbocycles. The van der Waals surface area contributed by atoms with Crippen molar-refractivity contribution in [3.8, 4) is 11.5 Å². The van der Waals surface area contributed by atoms with Crippen LogP contribution in [0.3, 0.4) is 0 Å². The summed E-state index contributed by atoms with van der Waals surface area (Å²) < 4.78 is 17.0. The van der Waals surface area contributed by atoms with Crippen LogP contribution in [0.1, 0.15) is 32.3 Å². The average molecular weight is 479 g/mol. The fourth-order valence-electron chi connectivity index (χ4n) is 4.09. The van der Waals surface area contributed by atoms with Crippen LogP contribution in [0.2, 0.25) is 0 Å². The lowest BCUT2D eigenvalue weighted by atomic mass is 9.76. The summed E-state index contributed by atoms with van der Waals surface area (Å²) in [5, 5.41) is 3.53. The molecule has 178 valence electrons. The van der Waals surface area contributed by atoms with E-state index in [0.29, 0.717) is 29.0 Å². The van der Waals surface area contributed by atoms with E-state index in [-0.39, 0.29) is 24.5 Å². The number of hydrogen-bond donors (Lipinski definition) is 1. The molecule has 0 spiro atoms. The van der Waals surface area contributed by atoms with E-state index >= 15 is 0 Å². The lowest BCUT2D eigenvalue weighted by Gasteiger charge is -2.29. The fraction of sp³-hybridized carbons (Fsp3) is 0.333. The molecule has 0 saturated carbocycles. The maximum Gasteiger partial charge on any atom is 0.257 e. The van der Waals surface area contributed by atoms with Crippen LogP contribution in [-0.2, 0) is 9.53 Å². The van der Waals surface area contributed by atoms with Crippen molar-refractivity contribution in [3.05, 3.63) is 71.8 Å². The highest BCUT2D eigenvalue weighted by Gasteiger charge is 2.26. The molecule has 1 aliphatic rings. The number of benzene rings is 2. The highest BCUT2D eigenvalue weighted by atomic mass is 32.1. The minimum atomic E-state index is -0.151. The van der Waals surface area contributed by atoms with Crippen LogP contribution in [0, 0.1) is 11.8 Å². The van der Waals surface area contributed by atoms with Crippen LogP contribution in [0.25, 0.3) is 10.2 Å². The Bertz CT molecular complexity index is 1200. The quantitative estimate of drug-likeness (QED) is 0.294. The van der Waals surface area contributed by atoms with Gasteiger partial charge in [0.2, 0.25) is 0 Å². The van der Waals surface area contributed by atoms with E-state index < -0.39 is 0 Å². The van der Waals surface area contributed by atoms with Gasteiger partial charge in [-0.3, -0.25) is 10.1 Å². The first-order valence-electron chi connectivity index (χ1n) is 11.4. The zero-order valence-corrected chi connectivity index (χ0v) is 20.7. The van der Waals surface area contributed by atoms with Gasteiger partial charge < -0.3 is 14.2 Å². The van der Waals surface area contributed by atoms with Gasteiger partial charge >= 0.3 is 0 Å². The summed E-state index contributed by atoms with van der Waals surface area (Å²) in [5.41, 5.74) is 2.69. The number of fused-ring (bicyclic) bond motifs is 1. The van der Waals surface area contributed by atoms with Crippen molar-refractivity contribution >= 4 is 32.6 Å². The highest BCUT2D eigenvalue weighted by molar-refractivity contribution is 7.22. The normalized spacial score (nSPS) is 18.4. The molecule has 0 aliphatic heterocycles. The largest absolute Gasteiger partial charge is 0.497 e. The zero-order valence-electron chi connectivity index (χ0n) is 19.9. The molecular weight excluding hydrogens is 448 g/mol. The van der Waals surface area contributed by atoms with Gasteiger partial charge in [-0.15, -0.1) is 0 Å². The second kappa shape index (κ2) is 10.8. The lowest BCUT2D eigenvalue weighted by molar-refractivity contribution is -0.112. The summed E-state index contributed by atoms with van der Waals surface area (Å²) in [6, 6.07) is 13.8. The number of anilines is 1. The Morgan fingerprint density at radius 2 is 1.94 bits per heavy atom. The standard InChI is InChI=1S/C27H30N2O4S/c1-5-32-16-33-22-12-13-24-25(15-22)34-27(28-24)29-26(30)20-7-6-17(2)23(14-20)18(3)19-8-10-21(31-4)11-9-19/h6-15,17-18,23H,5,16H2,1-4H3,(H,28,29,30). The number of rotatable bonds is 9. The van der Waals surface area contributed by atoms with E-state index in [1.807, 2.05) is 43.3 Å². The molecule has 34 heavy (non-hydrogen) atoms. The van der Waals surface area contributed by atoms with E-state index in [1.165, 1.54) is 16.9 Å². The third-order valence-corrected chi connectivity index (χ3v) is 7.07. The zero-order chi connectivity index (χ0) is 24.1. The maximum atomic E-state index is 13.1. The average Bonchev–Trinajstić information content (AvgIpc) is 3.25. The van der Waals surface area contributed by atoms with Crippen LogP contribution in [0.4, 0.5) is 5.13 Å². The van der Waals surface area contributed by atoms with Crippen molar-refractivity contribution < 1.29 is 19.0 Å². The second-order valence-electron chi connectivity index (χ2n) is 8.34. The number of amides is 1. The fourth-order valence-corrected chi connectivity index (χ4v) is 4.98. The van der Waals surface area contributed by atoms with Crippen molar-refractivity contribution in [2.24, 2.45) is 11.8 Å². The number of thiazole rings is 1. The molecule has 7 heteroatoms. The van der Waals surface area contributed by atoms with Gasteiger partial charge in [-0.05, 0) is 60.6 Å². The summed E-state index contributed by atoms with van der Waals surface area (Å²) in [4.78, 5) is 17.6. The molecule has 0 saturated heterocycles. The number of aromatic nitrogens is 1. The summed E-state index contributed by atoms with van der Waals surface area (Å²) in [5.74, 6) is 2.19. The molecule has 3 atom stereocenters. The number of carbonyl (C=O) groups excluding carboxylic acids is 1. The molecule has 0 bridgehead atoms. The van der Waals surface area contributed by atoms with E-state index in [0.717, 1.165) is 16.0 Å². The van der Waals surface area contributed by atoms with Crippen LogP contribution in [0.15, 0.2) is 66.3 Å². The Hall–Kier alpha value is -3.16. The van der Waals surface area contributed by atoms with Crippen molar-refractivity contribution in [2.45, 2.75) is 26.7 Å². The smallest absolute Gasteiger partial charge is 0.257 e. The van der Waals surface area contributed by atoms with Crippen LogP contribution in [-0.4, -0.2) is 31.4 Å².